The van der Waals surface area contributed by atoms with Crippen molar-refractivity contribution in [3.8, 4) is 5.75 Å². The third-order valence-corrected chi connectivity index (χ3v) is 14.6. The van der Waals surface area contributed by atoms with Gasteiger partial charge in [0.25, 0.3) is 5.91 Å². The van der Waals surface area contributed by atoms with Gasteiger partial charge >= 0.3 is 0 Å². The minimum absolute atomic E-state index is 0.104. The number of nitrogens with one attached hydrogen (secondary N) is 1. The van der Waals surface area contributed by atoms with E-state index in [0.717, 1.165) is 69.0 Å². The molecule has 7 rings (SSSR count). The number of anilines is 1. The molecule has 0 aromatic heterocycles. The molecule has 0 unspecified atom stereocenters. The molecule has 2 fully saturated rings. The van der Waals surface area contributed by atoms with Gasteiger partial charge in [0.1, 0.15) is 5.75 Å². The highest BCUT2D eigenvalue weighted by molar-refractivity contribution is 7.90. The van der Waals surface area contributed by atoms with Crippen LogP contribution in [0.25, 0.3) is 0 Å². The van der Waals surface area contributed by atoms with E-state index in [2.05, 4.69) is 38.8 Å². The third kappa shape index (κ3) is 7.91. The highest BCUT2D eigenvalue weighted by Gasteiger charge is 2.45. The Morgan fingerprint density at radius 3 is 2.81 bits per heavy atom. The van der Waals surface area contributed by atoms with Crippen LogP contribution in [0.3, 0.4) is 0 Å². The molecule has 12 heteroatoms. The van der Waals surface area contributed by atoms with Gasteiger partial charge in [0.15, 0.2) is 0 Å². The lowest BCUT2D eigenvalue weighted by Crippen LogP contribution is -2.50. The molecule has 7 atom stereocenters. The summed E-state index contributed by atoms with van der Waals surface area (Å²) in [7, 11) is -2.21. The first-order valence-corrected chi connectivity index (χ1v) is 20.9. The summed E-state index contributed by atoms with van der Waals surface area (Å²) in [6, 6.07) is 11.8. The van der Waals surface area contributed by atoms with Gasteiger partial charge in [-0.1, -0.05) is 36.7 Å². The van der Waals surface area contributed by atoms with E-state index in [4.69, 9.17) is 30.5 Å². The van der Waals surface area contributed by atoms with Crippen LogP contribution in [-0.4, -0.2) is 103 Å². The summed E-state index contributed by atoms with van der Waals surface area (Å²) in [4.78, 5) is 18.4. The van der Waals surface area contributed by atoms with Crippen molar-refractivity contribution in [2.24, 2.45) is 17.8 Å². The largest absolute Gasteiger partial charge is 0.490 e. The first-order valence-electron chi connectivity index (χ1n) is 19.0. The Bertz CT molecular complexity index is 1740. The molecular weight excluding hydrogens is 702 g/mol. The highest BCUT2D eigenvalue weighted by atomic mass is 35.5. The van der Waals surface area contributed by atoms with Crippen molar-refractivity contribution in [2.75, 3.05) is 71.2 Å². The smallest absolute Gasteiger partial charge is 0.264 e. The summed E-state index contributed by atoms with van der Waals surface area (Å²) < 4.78 is 54.0. The normalized spacial score (nSPS) is 32.8. The van der Waals surface area contributed by atoms with Crippen LogP contribution in [-0.2, 0) is 36.1 Å². The number of carbonyl (C=O) groups excluding carboxylic acids is 1. The molecule has 1 amide bonds. The van der Waals surface area contributed by atoms with E-state index < -0.39 is 21.2 Å². The maximum Gasteiger partial charge on any atom is 0.264 e. The number of aryl methyl sites for hydroxylation is 1. The molecule has 1 saturated carbocycles. The number of carbonyl (C=O) groups is 1. The molecule has 2 bridgehead atoms. The Kier molecular flexibility index (Phi) is 11.6. The van der Waals surface area contributed by atoms with Crippen LogP contribution < -0.4 is 14.4 Å². The highest BCUT2D eigenvalue weighted by Crippen LogP contribution is 2.47. The van der Waals surface area contributed by atoms with Crippen molar-refractivity contribution in [1.29, 1.82) is 0 Å². The van der Waals surface area contributed by atoms with Crippen LogP contribution in [0.5, 0.6) is 5.75 Å². The molecule has 2 aromatic rings. The number of ether oxygens (including phenoxy) is 4. The third-order valence-electron chi connectivity index (χ3n) is 12.4. The van der Waals surface area contributed by atoms with Gasteiger partial charge < -0.3 is 23.8 Å². The molecular formula is C40H54ClN3O7S. The second-order valence-corrected chi connectivity index (χ2v) is 18.1. The second kappa shape index (κ2) is 16.0. The number of hydrogen-bond donors (Lipinski definition) is 1. The fraction of sp³-hybridized carbons (Fsp3) is 0.625. The fourth-order valence-corrected chi connectivity index (χ4v) is 10.4. The van der Waals surface area contributed by atoms with Crippen LogP contribution in [0, 0.1) is 17.8 Å². The van der Waals surface area contributed by atoms with Crippen LogP contribution in [0.4, 0.5) is 5.69 Å². The summed E-state index contributed by atoms with van der Waals surface area (Å²) in [6.07, 6.45) is 9.83. The summed E-state index contributed by atoms with van der Waals surface area (Å²) in [5, 5.41) is -0.0311. The van der Waals surface area contributed by atoms with Gasteiger partial charge in [0, 0.05) is 49.3 Å². The Labute approximate surface area is 314 Å². The van der Waals surface area contributed by atoms with Crippen molar-refractivity contribution in [1.82, 2.24) is 9.62 Å². The molecule has 1 spiro atoms. The summed E-state index contributed by atoms with van der Waals surface area (Å²) in [5.74, 6) is 0.533. The molecule has 3 aliphatic heterocycles. The van der Waals surface area contributed by atoms with E-state index in [-0.39, 0.29) is 23.5 Å². The molecule has 1 N–H and O–H groups in total. The van der Waals surface area contributed by atoms with Gasteiger partial charge in [-0.2, -0.15) is 0 Å². The number of hydrogen-bond acceptors (Lipinski definition) is 9. The van der Waals surface area contributed by atoms with Crippen molar-refractivity contribution in [3.63, 3.8) is 0 Å². The van der Waals surface area contributed by atoms with E-state index in [1.807, 2.05) is 25.1 Å². The SMILES string of the molecule is COC[C@H]1COCCN1CCO[C@H]1/C=C\C[C@H](C)[C@@H](C)S(=O)(=O)NC(=O)c2ccc3c(c2)N(C[C@@H]2CC[C@H]21)C[C@@]1(CCCc2cc(Cl)ccc21)CO3. The average molecular weight is 756 g/mol. The van der Waals surface area contributed by atoms with Gasteiger partial charge in [0.05, 0.1) is 56.1 Å². The maximum atomic E-state index is 13.6. The predicted molar refractivity (Wildman–Crippen MR) is 203 cm³/mol. The molecule has 52 heavy (non-hydrogen) atoms. The lowest BCUT2D eigenvalue weighted by Gasteiger charge is -2.46. The van der Waals surface area contributed by atoms with Crippen molar-refractivity contribution < 1.29 is 32.2 Å². The minimum Gasteiger partial charge on any atom is -0.490 e. The zero-order valence-corrected chi connectivity index (χ0v) is 32.3. The van der Waals surface area contributed by atoms with E-state index in [1.54, 1.807) is 20.1 Å². The topological polar surface area (TPSA) is 107 Å². The molecule has 3 heterocycles. The van der Waals surface area contributed by atoms with Crippen LogP contribution in [0.15, 0.2) is 48.6 Å². The van der Waals surface area contributed by atoms with E-state index >= 15 is 0 Å². The number of allylic oxidation sites excluding steroid dienone is 1. The molecule has 2 aliphatic carbocycles. The first-order chi connectivity index (χ1) is 25.1. The molecule has 0 radical (unpaired) electrons. The number of fused-ring (bicyclic) bond motifs is 4. The Morgan fingerprint density at radius 1 is 1.13 bits per heavy atom. The van der Waals surface area contributed by atoms with Gasteiger partial charge in [0.2, 0.25) is 10.0 Å². The zero-order chi connectivity index (χ0) is 36.5. The quantitative estimate of drug-likeness (QED) is 0.377. The molecule has 10 nitrogen and oxygen atoms in total. The molecule has 284 valence electrons. The van der Waals surface area contributed by atoms with Gasteiger partial charge in [-0.15, -0.1) is 0 Å². The van der Waals surface area contributed by atoms with E-state index in [0.29, 0.717) is 62.6 Å². The number of morpholine rings is 1. The number of halogens is 1. The Hall–Kier alpha value is -2.67. The maximum absolute atomic E-state index is 13.6. The number of sulfonamides is 1. The number of rotatable bonds is 6. The summed E-state index contributed by atoms with van der Waals surface area (Å²) >= 11 is 6.48. The molecule has 1 saturated heterocycles. The van der Waals surface area contributed by atoms with Gasteiger partial charge in [-0.3, -0.25) is 9.69 Å². The van der Waals surface area contributed by atoms with Gasteiger partial charge in [-0.05, 0) is 105 Å². The minimum atomic E-state index is -3.94. The van der Waals surface area contributed by atoms with Crippen LogP contribution in [0.1, 0.15) is 67.4 Å². The average Bonchev–Trinajstić information content (AvgIpc) is 3.26. The van der Waals surface area contributed by atoms with Crippen molar-refractivity contribution in [2.45, 2.75) is 75.2 Å². The summed E-state index contributed by atoms with van der Waals surface area (Å²) in [6.45, 7) is 9.79. The standard InChI is InChI=1S/C40H54ClN3O7S/c1-27-6-4-8-37(50-19-17-43-16-18-49-24-33(43)23-48-3)34-12-9-31(34)22-44-25-40(15-5-7-29-20-32(41)11-13-35(29)40)26-51-38-14-10-30(21-36(38)44)39(45)42-52(46,47)28(27)2/h4,8,10-11,13-14,20-21,27-28,31,33-34,37H,5-7,9,12,15-19,22-26H2,1-3H3,(H,42,45)/b8-4-/t27-,28+,31-,33-,34+,37-,40-/m0/s1. The second-order valence-electron chi connectivity index (χ2n) is 15.7. The number of amides is 1. The Morgan fingerprint density at radius 2 is 2.00 bits per heavy atom. The monoisotopic (exact) mass is 755 g/mol. The number of nitrogens with zero attached hydrogens (tertiary/aromatic N) is 2. The van der Waals surface area contributed by atoms with Crippen LogP contribution in [0.2, 0.25) is 5.02 Å². The first kappa shape index (κ1) is 37.6. The fourth-order valence-electron chi connectivity index (χ4n) is 8.96. The number of benzene rings is 2. The van der Waals surface area contributed by atoms with Crippen molar-refractivity contribution in [3.05, 3.63) is 70.3 Å². The lowest BCUT2D eigenvalue weighted by molar-refractivity contribution is -0.0607. The predicted octanol–water partition coefficient (Wildman–Crippen LogP) is 5.62. The van der Waals surface area contributed by atoms with E-state index in [9.17, 15) is 13.2 Å². The van der Waals surface area contributed by atoms with Crippen LogP contribution >= 0.6 is 11.6 Å². The lowest BCUT2D eigenvalue weighted by atomic mass is 9.68. The zero-order valence-electron chi connectivity index (χ0n) is 30.7. The summed E-state index contributed by atoms with van der Waals surface area (Å²) in [5.41, 5.74) is 3.41. The van der Waals surface area contributed by atoms with Gasteiger partial charge in [-0.25, -0.2) is 13.1 Å². The Balaban J connectivity index is 1.21. The number of methoxy groups -OCH3 is 1. The molecule has 5 aliphatic rings. The molecule has 2 aromatic carbocycles. The van der Waals surface area contributed by atoms with Crippen molar-refractivity contribution >= 4 is 33.2 Å². The van der Waals surface area contributed by atoms with E-state index in [1.165, 1.54) is 11.1 Å².